The van der Waals surface area contributed by atoms with Crippen molar-refractivity contribution in [3.63, 3.8) is 0 Å². The van der Waals surface area contributed by atoms with Gasteiger partial charge < -0.3 is 0 Å². The summed E-state index contributed by atoms with van der Waals surface area (Å²) in [6.45, 7) is 4.26. The topological polar surface area (TPSA) is 17.1 Å². The number of hydrogen-bond donors (Lipinski definition) is 0. The quantitative estimate of drug-likeness (QED) is 0.417. The zero-order chi connectivity index (χ0) is 13.7. The highest BCUT2D eigenvalue weighted by molar-refractivity contribution is 7.99. The molecule has 3 heteroatoms. The number of benzene rings is 1. The van der Waals surface area contributed by atoms with Crippen LogP contribution in [-0.2, 0) is 0 Å². The molecule has 0 N–H and O–H groups in total. The largest absolute Gasteiger partial charge is 0.293 e. The molecule has 100 valence electrons. The number of ketones is 1. The van der Waals surface area contributed by atoms with Gasteiger partial charge in [0.05, 0.1) is 4.88 Å². The summed E-state index contributed by atoms with van der Waals surface area (Å²) in [6.07, 6.45) is 1.59. The Balaban J connectivity index is 1.76. The molecule has 1 heterocycles. The zero-order valence-electron chi connectivity index (χ0n) is 11.3. The molecule has 19 heavy (non-hydrogen) atoms. The Hall–Kier alpha value is -1.06. The summed E-state index contributed by atoms with van der Waals surface area (Å²) < 4.78 is 0. The van der Waals surface area contributed by atoms with Gasteiger partial charge in [0.15, 0.2) is 5.78 Å². The molecule has 0 saturated carbocycles. The summed E-state index contributed by atoms with van der Waals surface area (Å²) in [4.78, 5) is 14.0. The van der Waals surface area contributed by atoms with Crippen LogP contribution < -0.4 is 0 Å². The van der Waals surface area contributed by atoms with Crippen LogP contribution in [0.4, 0.5) is 0 Å². The fraction of sp³-hybridized carbons (Fsp3) is 0.312. The van der Waals surface area contributed by atoms with Crippen molar-refractivity contribution in [3.8, 4) is 0 Å². The maximum absolute atomic E-state index is 11.8. The summed E-state index contributed by atoms with van der Waals surface area (Å²) in [5.41, 5.74) is 2.63. The number of Topliss-reactive ketones (excluding diaryl/α,β-unsaturated/α-hetero) is 1. The molecule has 1 aromatic carbocycles. The van der Waals surface area contributed by atoms with Crippen LogP contribution in [0.15, 0.2) is 40.6 Å². The Morgan fingerprint density at radius 3 is 2.79 bits per heavy atom. The van der Waals surface area contributed by atoms with Gasteiger partial charge in [0.2, 0.25) is 0 Å². The number of thiophene rings is 1. The van der Waals surface area contributed by atoms with Gasteiger partial charge >= 0.3 is 0 Å². The first-order valence-electron chi connectivity index (χ1n) is 6.43. The van der Waals surface area contributed by atoms with Gasteiger partial charge in [0.25, 0.3) is 0 Å². The SMILES string of the molecule is Cc1ccc(SCCCC(=O)c2cccs2)c(C)c1. The molecular weight excluding hydrogens is 272 g/mol. The van der Waals surface area contributed by atoms with Crippen molar-refractivity contribution in [1.29, 1.82) is 0 Å². The lowest BCUT2D eigenvalue weighted by atomic mass is 10.2. The first-order valence-corrected chi connectivity index (χ1v) is 8.30. The molecule has 1 aromatic heterocycles. The molecule has 1 nitrogen and oxygen atoms in total. The Kier molecular flexibility index (Phi) is 5.23. The predicted octanol–water partition coefficient (Wildman–Crippen LogP) is 5.12. The Bertz CT molecular complexity index is 544. The van der Waals surface area contributed by atoms with Crippen LogP contribution in [0.3, 0.4) is 0 Å². The molecule has 0 radical (unpaired) electrons. The van der Waals surface area contributed by atoms with Crippen molar-refractivity contribution in [1.82, 2.24) is 0 Å². The number of carbonyl (C=O) groups is 1. The van der Waals surface area contributed by atoms with Crippen molar-refractivity contribution < 1.29 is 4.79 Å². The van der Waals surface area contributed by atoms with E-state index in [0.717, 1.165) is 17.1 Å². The highest BCUT2D eigenvalue weighted by Crippen LogP contribution is 2.24. The zero-order valence-corrected chi connectivity index (χ0v) is 12.9. The Labute approximate surface area is 123 Å². The first kappa shape index (κ1) is 14.4. The number of thioether (sulfide) groups is 1. The van der Waals surface area contributed by atoms with Crippen LogP contribution in [-0.4, -0.2) is 11.5 Å². The van der Waals surface area contributed by atoms with Gasteiger partial charge in [-0.25, -0.2) is 0 Å². The van der Waals surface area contributed by atoms with E-state index in [9.17, 15) is 4.79 Å². The maximum Gasteiger partial charge on any atom is 0.172 e. The van der Waals surface area contributed by atoms with E-state index in [2.05, 4.69) is 32.0 Å². The molecule has 0 amide bonds. The third-order valence-corrected chi connectivity index (χ3v) is 5.10. The van der Waals surface area contributed by atoms with Crippen molar-refractivity contribution in [2.24, 2.45) is 0 Å². The van der Waals surface area contributed by atoms with E-state index < -0.39 is 0 Å². The molecule has 0 aliphatic rings. The number of aryl methyl sites for hydroxylation is 2. The van der Waals surface area contributed by atoms with Crippen molar-refractivity contribution >= 4 is 28.9 Å². The molecule has 0 saturated heterocycles. The van der Waals surface area contributed by atoms with Gasteiger partial charge in [-0.3, -0.25) is 4.79 Å². The molecule has 0 unspecified atom stereocenters. The molecule has 2 aromatic rings. The maximum atomic E-state index is 11.8. The lowest BCUT2D eigenvalue weighted by molar-refractivity contribution is 0.0986. The van der Waals surface area contributed by atoms with Crippen LogP contribution in [0, 0.1) is 13.8 Å². The van der Waals surface area contributed by atoms with Crippen LogP contribution >= 0.6 is 23.1 Å². The van der Waals surface area contributed by atoms with Crippen LogP contribution in [0.2, 0.25) is 0 Å². The molecule has 0 bridgehead atoms. The number of hydrogen-bond acceptors (Lipinski definition) is 3. The molecule has 0 spiro atoms. The highest BCUT2D eigenvalue weighted by Gasteiger charge is 2.06. The lowest BCUT2D eigenvalue weighted by Crippen LogP contribution is -1.96. The normalized spacial score (nSPS) is 10.6. The molecular formula is C16H18OS2. The monoisotopic (exact) mass is 290 g/mol. The van der Waals surface area contributed by atoms with Gasteiger partial charge in [-0.1, -0.05) is 23.8 Å². The van der Waals surface area contributed by atoms with E-state index in [4.69, 9.17) is 0 Å². The molecule has 0 atom stereocenters. The number of rotatable bonds is 6. The summed E-state index contributed by atoms with van der Waals surface area (Å²) in [5, 5.41) is 1.96. The summed E-state index contributed by atoms with van der Waals surface area (Å²) >= 11 is 3.38. The number of carbonyl (C=O) groups excluding carboxylic acids is 1. The molecule has 2 rings (SSSR count). The lowest BCUT2D eigenvalue weighted by Gasteiger charge is -2.06. The molecule has 0 fully saturated rings. The third kappa shape index (κ3) is 4.22. The summed E-state index contributed by atoms with van der Waals surface area (Å²) in [5.74, 6) is 1.28. The minimum atomic E-state index is 0.274. The minimum Gasteiger partial charge on any atom is -0.293 e. The molecule has 0 aliphatic carbocycles. The fourth-order valence-electron chi connectivity index (χ4n) is 1.94. The van der Waals surface area contributed by atoms with Crippen LogP contribution in [0.1, 0.15) is 33.6 Å². The fourth-order valence-corrected chi connectivity index (χ4v) is 3.59. The van der Waals surface area contributed by atoms with Gasteiger partial charge in [0, 0.05) is 11.3 Å². The second kappa shape index (κ2) is 6.92. The highest BCUT2D eigenvalue weighted by atomic mass is 32.2. The smallest absolute Gasteiger partial charge is 0.172 e. The van der Waals surface area contributed by atoms with Crippen molar-refractivity contribution in [2.45, 2.75) is 31.6 Å². The third-order valence-electron chi connectivity index (χ3n) is 2.93. The van der Waals surface area contributed by atoms with E-state index in [0.29, 0.717) is 6.42 Å². The van der Waals surface area contributed by atoms with E-state index >= 15 is 0 Å². The van der Waals surface area contributed by atoms with E-state index in [-0.39, 0.29) is 5.78 Å². The standard InChI is InChI=1S/C16H18OS2/c1-12-7-8-15(13(2)11-12)18-9-3-5-14(17)16-6-4-10-19-16/h4,6-8,10-11H,3,5,9H2,1-2H3. The summed E-state index contributed by atoms with van der Waals surface area (Å²) in [6, 6.07) is 10.4. The van der Waals surface area contributed by atoms with E-state index in [1.54, 1.807) is 0 Å². The molecule has 0 aliphatic heterocycles. The van der Waals surface area contributed by atoms with Crippen molar-refractivity contribution in [3.05, 3.63) is 51.7 Å². The minimum absolute atomic E-state index is 0.274. The van der Waals surface area contributed by atoms with Gasteiger partial charge in [0.1, 0.15) is 0 Å². The van der Waals surface area contributed by atoms with Crippen LogP contribution in [0.5, 0.6) is 0 Å². The Morgan fingerprint density at radius 2 is 2.11 bits per heavy atom. The van der Waals surface area contributed by atoms with Crippen LogP contribution in [0.25, 0.3) is 0 Å². The van der Waals surface area contributed by atoms with Gasteiger partial charge in [-0.2, -0.15) is 0 Å². The Morgan fingerprint density at radius 1 is 1.26 bits per heavy atom. The second-order valence-corrected chi connectivity index (χ2v) is 6.71. The predicted molar refractivity (Wildman–Crippen MR) is 84.5 cm³/mol. The summed E-state index contributed by atoms with van der Waals surface area (Å²) in [7, 11) is 0. The average Bonchev–Trinajstić information content (AvgIpc) is 2.90. The van der Waals surface area contributed by atoms with E-state index in [1.807, 2.05) is 29.3 Å². The first-order chi connectivity index (χ1) is 9.16. The van der Waals surface area contributed by atoms with Gasteiger partial charge in [-0.05, 0) is 49.1 Å². The second-order valence-electron chi connectivity index (χ2n) is 4.62. The van der Waals surface area contributed by atoms with Gasteiger partial charge in [-0.15, -0.1) is 23.1 Å². The van der Waals surface area contributed by atoms with E-state index in [1.165, 1.54) is 27.4 Å². The van der Waals surface area contributed by atoms with Crippen molar-refractivity contribution in [2.75, 3.05) is 5.75 Å². The average molecular weight is 290 g/mol.